The minimum atomic E-state index is -3.69. The third-order valence-electron chi connectivity index (χ3n) is 11.1. The van der Waals surface area contributed by atoms with Gasteiger partial charge in [0.2, 0.25) is 0 Å². The standard InChI is InChI=1S/2C18H17.C2H6Si.2CH3.Hf/c2*1-13(2)14-9-11-16(12-10-14)18-8-4-6-15-5-3-7-17(15)18;1-3-2;;;/h2*3-13H,1-2H3;1-2H3;2*1H3;. The van der Waals surface area contributed by atoms with Crippen LogP contribution in [0.1, 0.15) is 80.3 Å². The molecule has 2 unspecified atom stereocenters. The Morgan fingerprint density at radius 2 is 0.929 bits per heavy atom. The van der Waals surface area contributed by atoms with Gasteiger partial charge in [0.25, 0.3) is 0 Å². The van der Waals surface area contributed by atoms with Crippen molar-refractivity contribution in [3.8, 4) is 22.3 Å². The van der Waals surface area contributed by atoms with Crippen molar-refractivity contribution in [1.82, 2.24) is 0 Å². The molecule has 0 aromatic heterocycles. The summed E-state index contributed by atoms with van der Waals surface area (Å²) in [7, 11) is 0. The van der Waals surface area contributed by atoms with Gasteiger partial charge in [0.15, 0.2) is 0 Å². The van der Waals surface area contributed by atoms with Gasteiger partial charge in [-0.15, -0.1) is 0 Å². The van der Waals surface area contributed by atoms with Gasteiger partial charge >= 0.3 is 257 Å². The molecule has 0 bridgehead atoms. The van der Waals surface area contributed by atoms with Gasteiger partial charge in [-0.3, -0.25) is 0 Å². The molecule has 214 valence electrons. The molecule has 2 aliphatic carbocycles. The van der Waals surface area contributed by atoms with Gasteiger partial charge in [0.05, 0.1) is 0 Å². The van der Waals surface area contributed by atoms with Gasteiger partial charge < -0.3 is 0 Å². The molecule has 0 heterocycles. The average Bonchev–Trinajstić information content (AvgIpc) is 3.63. The number of rotatable bonds is 6. The van der Waals surface area contributed by atoms with Gasteiger partial charge in [-0.1, -0.05) is 0 Å². The number of benzene rings is 4. The van der Waals surface area contributed by atoms with Crippen LogP contribution in [0.5, 0.6) is 0 Å². The minimum absolute atomic E-state index is 0.553. The van der Waals surface area contributed by atoms with E-state index in [-0.39, 0.29) is 0 Å². The van der Waals surface area contributed by atoms with Crippen LogP contribution in [0.3, 0.4) is 0 Å². The number of hydrogen-bond acceptors (Lipinski definition) is 0. The second-order valence-electron chi connectivity index (χ2n) is 14.5. The fraction of sp³-hybridized carbons (Fsp3) is 0.300. The zero-order chi connectivity index (χ0) is 29.8. The first-order valence-corrected chi connectivity index (χ1v) is 35.1. The Morgan fingerprint density at radius 3 is 1.26 bits per heavy atom. The molecule has 0 radical (unpaired) electrons. The molecule has 2 heteroatoms. The maximum absolute atomic E-state index is 3.69. The van der Waals surface area contributed by atoms with E-state index in [1.54, 1.807) is 11.1 Å². The third kappa shape index (κ3) is 4.65. The molecule has 4 aromatic carbocycles. The Kier molecular flexibility index (Phi) is 7.63. The van der Waals surface area contributed by atoms with Crippen molar-refractivity contribution < 1.29 is 17.1 Å². The summed E-state index contributed by atoms with van der Waals surface area (Å²) in [5.74, 6) is 1.11. The predicted octanol–water partition coefficient (Wildman–Crippen LogP) is 12.1. The summed E-state index contributed by atoms with van der Waals surface area (Å²) in [5.41, 5.74) is 13.7. The van der Waals surface area contributed by atoms with Crippen molar-refractivity contribution in [2.24, 2.45) is 0 Å². The Morgan fingerprint density at radius 1 is 0.548 bits per heavy atom. The van der Waals surface area contributed by atoms with Crippen molar-refractivity contribution in [2.75, 3.05) is 0 Å². The molecular formula is C40H46HfSi. The molecule has 0 nitrogen and oxygen atoms in total. The van der Waals surface area contributed by atoms with Crippen LogP contribution in [0.25, 0.3) is 34.4 Å². The van der Waals surface area contributed by atoms with Crippen molar-refractivity contribution in [2.45, 2.75) is 69.3 Å². The van der Waals surface area contributed by atoms with E-state index >= 15 is 0 Å². The molecule has 0 amide bonds. The van der Waals surface area contributed by atoms with E-state index in [4.69, 9.17) is 0 Å². The molecule has 0 spiro atoms. The second kappa shape index (κ2) is 10.9. The van der Waals surface area contributed by atoms with Crippen LogP contribution in [-0.4, -0.2) is 5.49 Å². The summed E-state index contributed by atoms with van der Waals surface area (Å²) < 4.78 is 6.75. The maximum atomic E-state index is 2.81. The molecule has 0 fully saturated rings. The molecule has 2 aliphatic rings. The van der Waals surface area contributed by atoms with Crippen LogP contribution < -0.4 is 0 Å². The number of allylic oxidation sites excluding steroid dienone is 2. The molecule has 4 aromatic rings. The van der Waals surface area contributed by atoms with Crippen molar-refractivity contribution >= 4 is 17.6 Å². The summed E-state index contributed by atoms with van der Waals surface area (Å²) in [4.78, 5) is 0. The SMILES string of the molecule is CC(C)c1ccc(-c2cccc3c2C=C[CH]3[Hf]([CH3])([CH3])([CH]2C=Cc3c(-c4ccc(C(C)C)cc4)cccc32)=[Si](C)C)cc1. The van der Waals surface area contributed by atoms with Crippen LogP contribution in [0, 0.1) is 0 Å². The van der Waals surface area contributed by atoms with Gasteiger partial charge in [-0.05, 0) is 0 Å². The topological polar surface area (TPSA) is 0 Å². The van der Waals surface area contributed by atoms with Crippen LogP contribution in [0.4, 0.5) is 0 Å². The monoisotopic (exact) mass is 734 g/mol. The van der Waals surface area contributed by atoms with Gasteiger partial charge in [0.1, 0.15) is 0 Å². The Hall–Kier alpha value is -2.55. The van der Waals surface area contributed by atoms with E-state index in [0.717, 1.165) is 0 Å². The van der Waals surface area contributed by atoms with Gasteiger partial charge in [0, 0.05) is 0 Å². The number of fused-ring (bicyclic) bond motifs is 2. The molecule has 6 rings (SSSR count). The third-order valence-corrected chi connectivity index (χ3v) is 70.7. The zero-order valence-electron chi connectivity index (χ0n) is 26.7. The van der Waals surface area contributed by atoms with E-state index in [1.807, 2.05) is 0 Å². The first-order chi connectivity index (χ1) is 20.0. The van der Waals surface area contributed by atoms with Crippen LogP contribution in [-0.2, 0) is 17.1 Å². The van der Waals surface area contributed by atoms with Crippen LogP contribution in [0.2, 0.25) is 22.5 Å². The fourth-order valence-corrected chi connectivity index (χ4v) is 41.4. The predicted molar refractivity (Wildman–Crippen MR) is 185 cm³/mol. The van der Waals surface area contributed by atoms with E-state index in [1.165, 1.54) is 44.5 Å². The quantitative estimate of drug-likeness (QED) is 0.173. The zero-order valence-corrected chi connectivity index (χ0v) is 31.3. The Labute approximate surface area is 255 Å². The molecule has 0 aliphatic heterocycles. The normalized spacial score (nSPS) is 17.7. The summed E-state index contributed by atoms with van der Waals surface area (Å²) in [6.07, 6.45) is 10.2. The molecule has 0 saturated carbocycles. The van der Waals surface area contributed by atoms with E-state index < -0.39 is 22.6 Å². The van der Waals surface area contributed by atoms with Crippen LogP contribution in [0.15, 0.2) is 97.1 Å². The van der Waals surface area contributed by atoms with Gasteiger partial charge in [-0.25, -0.2) is 0 Å². The summed E-state index contributed by atoms with van der Waals surface area (Å²) >= 11 is -3.69. The average molecular weight is 733 g/mol. The molecule has 42 heavy (non-hydrogen) atoms. The Bertz CT molecular complexity index is 1660. The van der Waals surface area contributed by atoms with Gasteiger partial charge in [-0.2, -0.15) is 0 Å². The van der Waals surface area contributed by atoms with Crippen LogP contribution >= 0.6 is 0 Å². The van der Waals surface area contributed by atoms with Crippen molar-refractivity contribution in [3.05, 3.63) is 130 Å². The fourth-order valence-electron chi connectivity index (χ4n) is 7.64. The molecule has 2 atom stereocenters. The second-order valence-corrected chi connectivity index (χ2v) is 63.4. The number of hydrogen-bond donors (Lipinski definition) is 0. The van der Waals surface area contributed by atoms with Crippen molar-refractivity contribution in [1.29, 1.82) is 0 Å². The first kappa shape index (κ1) is 29.5. The van der Waals surface area contributed by atoms with E-state index in [9.17, 15) is 0 Å². The molecule has 0 saturated heterocycles. The van der Waals surface area contributed by atoms with E-state index in [0.29, 0.717) is 19.2 Å². The summed E-state index contributed by atoms with van der Waals surface area (Å²) in [5, 5.41) is 0. The molecule has 0 N–H and O–H groups in total. The first-order valence-electron chi connectivity index (χ1n) is 15.8. The summed E-state index contributed by atoms with van der Waals surface area (Å²) in [6, 6.07) is 32.8. The summed E-state index contributed by atoms with van der Waals surface area (Å²) in [6.45, 7) is 14.3. The van der Waals surface area contributed by atoms with Crippen molar-refractivity contribution in [3.63, 3.8) is 0 Å². The molecular weight excluding hydrogens is 687 g/mol. The Balaban J connectivity index is 1.44. The van der Waals surface area contributed by atoms with E-state index in [2.05, 4.69) is 159 Å².